The average Bonchev–Trinajstić information content (AvgIpc) is 2.87. The quantitative estimate of drug-likeness (QED) is 0.176. The van der Waals surface area contributed by atoms with Crippen LogP contribution in [0.5, 0.6) is 11.5 Å². The van der Waals surface area contributed by atoms with E-state index in [-0.39, 0.29) is 17.9 Å². The van der Waals surface area contributed by atoms with Gasteiger partial charge in [0.1, 0.15) is 12.2 Å². The van der Waals surface area contributed by atoms with Crippen molar-refractivity contribution in [2.24, 2.45) is 0 Å². The van der Waals surface area contributed by atoms with Crippen molar-refractivity contribution < 1.29 is 28.8 Å². The number of non-ortho nitro benzene ring substituents is 1. The Morgan fingerprint density at radius 3 is 2.37 bits per heavy atom. The van der Waals surface area contributed by atoms with Gasteiger partial charge in [-0.2, -0.15) is 0 Å². The predicted octanol–water partition coefficient (Wildman–Crippen LogP) is 5.23. The second kappa shape index (κ2) is 10.9. The van der Waals surface area contributed by atoms with Crippen molar-refractivity contribution in [1.29, 1.82) is 0 Å². The molecule has 1 heterocycles. The van der Waals surface area contributed by atoms with Crippen LogP contribution in [0.25, 0.3) is 6.08 Å². The zero-order valence-corrected chi connectivity index (χ0v) is 22.2. The highest BCUT2D eigenvalue weighted by Gasteiger charge is 2.37. The van der Waals surface area contributed by atoms with Crippen LogP contribution in [-0.2, 0) is 16.2 Å². The fourth-order valence-corrected chi connectivity index (χ4v) is 4.33. The Bertz CT molecular complexity index is 1500. The number of imide groups is 2. The number of hydrogen-bond acceptors (Lipinski definition) is 7. The third kappa shape index (κ3) is 5.42. The van der Waals surface area contributed by atoms with E-state index in [1.165, 1.54) is 25.3 Å². The lowest BCUT2D eigenvalue weighted by Crippen LogP contribution is -2.54. The Kier molecular flexibility index (Phi) is 7.58. The van der Waals surface area contributed by atoms with Crippen molar-refractivity contribution in [3.63, 3.8) is 0 Å². The Hall–Kier alpha value is -4.51. The first-order valence-corrected chi connectivity index (χ1v) is 12.1. The molecule has 0 aromatic heterocycles. The molecule has 1 N–H and O–H groups in total. The molecule has 0 unspecified atom stereocenters. The highest BCUT2D eigenvalue weighted by atomic mass is 79.9. The van der Waals surface area contributed by atoms with Crippen molar-refractivity contribution in [3.05, 3.63) is 97.0 Å². The van der Waals surface area contributed by atoms with E-state index in [0.717, 1.165) is 16.0 Å². The van der Waals surface area contributed by atoms with Crippen LogP contribution in [-0.4, -0.2) is 29.9 Å². The first-order chi connectivity index (χ1) is 18.1. The Balaban J connectivity index is 1.61. The topological polar surface area (TPSA) is 128 Å². The maximum absolute atomic E-state index is 13.2. The molecule has 1 fully saturated rings. The number of nitrogens with zero attached hydrogens (tertiary/aromatic N) is 2. The van der Waals surface area contributed by atoms with E-state index in [1.807, 2.05) is 13.8 Å². The van der Waals surface area contributed by atoms with E-state index in [2.05, 4.69) is 21.2 Å². The van der Waals surface area contributed by atoms with Gasteiger partial charge in [0.05, 0.1) is 22.2 Å². The minimum Gasteiger partial charge on any atom is -0.493 e. The number of amides is 4. The first kappa shape index (κ1) is 26.6. The molecule has 1 aliphatic heterocycles. The molecule has 3 aromatic carbocycles. The monoisotopic (exact) mass is 579 g/mol. The van der Waals surface area contributed by atoms with Gasteiger partial charge in [-0.1, -0.05) is 6.07 Å². The SMILES string of the molecule is COc1cc(/C=C2\C(=O)NC(=O)N(c3ccc(C)c(C)c3)C2=O)cc(Br)c1OCc1ccc([N+](=O)[O-])cc1. The van der Waals surface area contributed by atoms with Gasteiger partial charge >= 0.3 is 6.03 Å². The number of methoxy groups -OCH3 is 1. The van der Waals surface area contributed by atoms with Crippen LogP contribution in [0, 0.1) is 24.0 Å². The molecule has 0 saturated carbocycles. The van der Waals surface area contributed by atoms with Gasteiger partial charge in [-0.3, -0.25) is 25.0 Å². The molecule has 38 heavy (non-hydrogen) atoms. The molecule has 194 valence electrons. The van der Waals surface area contributed by atoms with Crippen LogP contribution in [0.15, 0.2) is 64.6 Å². The Morgan fingerprint density at radius 1 is 1.03 bits per heavy atom. The van der Waals surface area contributed by atoms with Crippen LogP contribution in [0.1, 0.15) is 22.3 Å². The second-order valence-electron chi connectivity index (χ2n) is 8.47. The van der Waals surface area contributed by atoms with Crippen LogP contribution in [0.3, 0.4) is 0 Å². The molecule has 1 saturated heterocycles. The third-order valence-corrected chi connectivity index (χ3v) is 6.53. The molecule has 0 radical (unpaired) electrons. The average molecular weight is 580 g/mol. The maximum Gasteiger partial charge on any atom is 0.335 e. The number of benzene rings is 3. The Labute approximate surface area is 226 Å². The van der Waals surface area contributed by atoms with Gasteiger partial charge in [0.2, 0.25) is 0 Å². The number of nitro benzene ring substituents is 1. The molecule has 3 aromatic rings. The summed E-state index contributed by atoms with van der Waals surface area (Å²) in [6.07, 6.45) is 1.37. The largest absolute Gasteiger partial charge is 0.493 e. The first-order valence-electron chi connectivity index (χ1n) is 11.3. The van der Waals surface area contributed by atoms with E-state index in [9.17, 15) is 24.5 Å². The number of carbonyl (C=O) groups excluding carboxylic acids is 3. The summed E-state index contributed by atoms with van der Waals surface area (Å²) in [6.45, 7) is 3.89. The van der Waals surface area contributed by atoms with E-state index >= 15 is 0 Å². The number of urea groups is 1. The Morgan fingerprint density at radius 2 is 1.74 bits per heavy atom. The smallest absolute Gasteiger partial charge is 0.335 e. The summed E-state index contributed by atoms with van der Waals surface area (Å²) in [7, 11) is 1.44. The number of aryl methyl sites for hydroxylation is 2. The molecule has 11 heteroatoms. The van der Waals surface area contributed by atoms with E-state index in [4.69, 9.17) is 9.47 Å². The van der Waals surface area contributed by atoms with Crippen LogP contribution < -0.4 is 19.7 Å². The summed E-state index contributed by atoms with van der Waals surface area (Å²) >= 11 is 3.44. The zero-order chi connectivity index (χ0) is 27.6. The minimum atomic E-state index is -0.825. The predicted molar refractivity (Wildman–Crippen MR) is 143 cm³/mol. The number of ether oxygens (including phenoxy) is 2. The highest BCUT2D eigenvalue weighted by molar-refractivity contribution is 9.10. The molecule has 0 bridgehead atoms. The van der Waals surface area contributed by atoms with Crippen LogP contribution >= 0.6 is 15.9 Å². The fraction of sp³-hybridized carbons (Fsp3) is 0.148. The normalized spacial score (nSPS) is 14.5. The summed E-state index contributed by atoms with van der Waals surface area (Å²) in [5.41, 5.74) is 3.14. The molecule has 0 aliphatic carbocycles. The molecule has 4 rings (SSSR count). The summed E-state index contributed by atoms with van der Waals surface area (Å²) in [6, 6.07) is 13.5. The molecule has 4 amide bonds. The van der Waals surface area contributed by atoms with Crippen molar-refractivity contribution in [3.8, 4) is 11.5 Å². The summed E-state index contributed by atoms with van der Waals surface area (Å²) in [5, 5.41) is 13.1. The maximum atomic E-state index is 13.2. The number of halogens is 1. The van der Waals surface area contributed by atoms with Gasteiger partial charge in [-0.15, -0.1) is 0 Å². The van der Waals surface area contributed by atoms with Gasteiger partial charge in [0, 0.05) is 12.1 Å². The standard InChI is InChI=1S/C27H22BrN3O7/c1-15-4-7-20(10-16(15)2)30-26(33)21(25(32)29-27(30)34)11-18-12-22(28)24(23(13-18)37-3)38-14-17-5-8-19(9-6-17)31(35)36/h4-13H,14H2,1-3H3,(H,29,32,34)/b21-11+. The van der Waals surface area contributed by atoms with Crippen molar-refractivity contribution >= 4 is 51.2 Å². The molecule has 1 aliphatic rings. The van der Waals surface area contributed by atoms with Gasteiger partial charge in [-0.05, 0) is 94.5 Å². The van der Waals surface area contributed by atoms with E-state index in [1.54, 1.807) is 42.5 Å². The molecular weight excluding hydrogens is 558 g/mol. The number of rotatable bonds is 7. The van der Waals surface area contributed by atoms with E-state index < -0.39 is 22.8 Å². The van der Waals surface area contributed by atoms with Gasteiger partial charge < -0.3 is 9.47 Å². The number of hydrogen-bond donors (Lipinski definition) is 1. The fourth-order valence-electron chi connectivity index (χ4n) is 3.76. The highest BCUT2D eigenvalue weighted by Crippen LogP contribution is 2.38. The number of nitrogens with one attached hydrogen (secondary N) is 1. The summed E-state index contributed by atoms with van der Waals surface area (Å²) in [4.78, 5) is 49.6. The summed E-state index contributed by atoms with van der Waals surface area (Å²) in [5.74, 6) is -0.887. The molecular formula is C27H22BrN3O7. The third-order valence-electron chi connectivity index (χ3n) is 5.94. The minimum absolute atomic E-state index is 0.0241. The van der Waals surface area contributed by atoms with E-state index in [0.29, 0.717) is 32.8 Å². The molecule has 10 nitrogen and oxygen atoms in total. The van der Waals surface area contributed by atoms with Crippen LogP contribution in [0.4, 0.5) is 16.2 Å². The summed E-state index contributed by atoms with van der Waals surface area (Å²) < 4.78 is 11.8. The second-order valence-corrected chi connectivity index (χ2v) is 9.33. The lowest BCUT2D eigenvalue weighted by Gasteiger charge is -2.27. The number of carbonyl (C=O) groups is 3. The van der Waals surface area contributed by atoms with Gasteiger partial charge in [0.25, 0.3) is 17.5 Å². The molecule has 0 atom stereocenters. The number of anilines is 1. The van der Waals surface area contributed by atoms with Crippen LogP contribution in [0.2, 0.25) is 0 Å². The molecule has 0 spiro atoms. The number of barbiturate groups is 1. The van der Waals surface area contributed by atoms with Crippen molar-refractivity contribution in [2.75, 3.05) is 12.0 Å². The zero-order valence-electron chi connectivity index (χ0n) is 20.6. The van der Waals surface area contributed by atoms with Gasteiger partial charge in [0.15, 0.2) is 11.5 Å². The number of nitro groups is 1. The van der Waals surface area contributed by atoms with Crippen molar-refractivity contribution in [1.82, 2.24) is 5.32 Å². The van der Waals surface area contributed by atoms with Crippen molar-refractivity contribution in [2.45, 2.75) is 20.5 Å². The lowest BCUT2D eigenvalue weighted by atomic mass is 10.0. The lowest BCUT2D eigenvalue weighted by molar-refractivity contribution is -0.384. The van der Waals surface area contributed by atoms with Gasteiger partial charge in [-0.25, -0.2) is 9.69 Å².